The third-order valence-corrected chi connectivity index (χ3v) is 4.22. The number of hydrogen-bond donors (Lipinski definition) is 1. The average Bonchev–Trinajstić information content (AvgIpc) is 3.21. The first-order valence-corrected chi connectivity index (χ1v) is 7.66. The zero-order valence-corrected chi connectivity index (χ0v) is 13.6. The Hall–Kier alpha value is -2.38. The van der Waals surface area contributed by atoms with Crippen molar-refractivity contribution in [3.8, 4) is 11.3 Å². The maximum absolute atomic E-state index is 12.6. The molecule has 2 aromatic rings. The maximum atomic E-state index is 12.6. The number of halogens is 1. The Balaban J connectivity index is 1.84. The predicted molar refractivity (Wildman–Crippen MR) is 84.8 cm³/mol. The normalized spacial score (nSPS) is 20.3. The minimum atomic E-state index is -1.07. The molecule has 0 saturated carbocycles. The Bertz CT molecular complexity index is 775. The summed E-state index contributed by atoms with van der Waals surface area (Å²) in [4.78, 5) is 25.2. The summed E-state index contributed by atoms with van der Waals surface area (Å²) in [6.45, 7) is 0.200. The van der Waals surface area contributed by atoms with E-state index in [4.69, 9.17) is 20.9 Å². The van der Waals surface area contributed by atoms with Gasteiger partial charge in [0.05, 0.1) is 6.10 Å². The molecule has 2 heterocycles. The molecule has 1 N–H and O–H groups in total. The lowest BCUT2D eigenvalue weighted by Gasteiger charge is -2.19. The molecule has 1 fully saturated rings. The van der Waals surface area contributed by atoms with Crippen LogP contribution in [0.2, 0.25) is 5.02 Å². The van der Waals surface area contributed by atoms with E-state index in [9.17, 15) is 14.7 Å². The van der Waals surface area contributed by atoms with Crippen molar-refractivity contribution in [2.45, 2.75) is 18.6 Å². The van der Waals surface area contributed by atoms with E-state index in [1.165, 1.54) is 18.1 Å². The Kier molecular flexibility index (Phi) is 4.55. The number of rotatable bonds is 4. The average molecular weight is 351 g/mol. The second-order valence-corrected chi connectivity index (χ2v) is 5.93. The van der Waals surface area contributed by atoms with Crippen LogP contribution in [0.1, 0.15) is 16.9 Å². The molecule has 1 aliphatic heterocycles. The summed E-state index contributed by atoms with van der Waals surface area (Å²) in [5, 5.41) is 13.6. The Morgan fingerprint density at radius 3 is 2.88 bits per heavy atom. The molecule has 2 atom stereocenters. The fourth-order valence-electron chi connectivity index (χ4n) is 2.73. The SMILES string of the molecule is COC1CC(C(=O)O)N(C(=O)c2cc(-c3cccc(Cl)c3)on2)C1. The van der Waals surface area contributed by atoms with Crippen LogP contribution in [0, 0.1) is 0 Å². The van der Waals surface area contributed by atoms with Gasteiger partial charge < -0.3 is 19.3 Å². The van der Waals surface area contributed by atoms with E-state index >= 15 is 0 Å². The Labute approximate surface area is 142 Å². The van der Waals surface area contributed by atoms with Crippen LogP contribution in [0.4, 0.5) is 0 Å². The van der Waals surface area contributed by atoms with Crippen LogP contribution >= 0.6 is 11.6 Å². The van der Waals surface area contributed by atoms with Gasteiger partial charge in [0.2, 0.25) is 0 Å². The van der Waals surface area contributed by atoms with Crippen molar-refractivity contribution in [2.24, 2.45) is 0 Å². The maximum Gasteiger partial charge on any atom is 0.326 e. The van der Waals surface area contributed by atoms with E-state index in [0.29, 0.717) is 16.3 Å². The van der Waals surface area contributed by atoms with Gasteiger partial charge in [-0.2, -0.15) is 0 Å². The number of aromatic nitrogens is 1. The Morgan fingerprint density at radius 2 is 2.21 bits per heavy atom. The van der Waals surface area contributed by atoms with Gasteiger partial charge in [0, 0.05) is 36.7 Å². The molecule has 8 heteroatoms. The molecular formula is C16H15ClN2O5. The molecular weight excluding hydrogens is 336 g/mol. The summed E-state index contributed by atoms with van der Waals surface area (Å²) >= 11 is 5.94. The highest BCUT2D eigenvalue weighted by atomic mass is 35.5. The number of aliphatic carboxylic acids is 1. The van der Waals surface area contributed by atoms with E-state index in [0.717, 1.165) is 0 Å². The lowest BCUT2D eigenvalue weighted by Crippen LogP contribution is -2.40. The van der Waals surface area contributed by atoms with Gasteiger partial charge in [0.25, 0.3) is 5.91 Å². The van der Waals surface area contributed by atoms with Gasteiger partial charge >= 0.3 is 5.97 Å². The molecule has 2 unspecified atom stereocenters. The summed E-state index contributed by atoms with van der Waals surface area (Å²) in [7, 11) is 1.49. The molecule has 1 aromatic carbocycles. The number of hydrogen-bond acceptors (Lipinski definition) is 5. The van der Waals surface area contributed by atoms with Crippen molar-refractivity contribution in [2.75, 3.05) is 13.7 Å². The largest absolute Gasteiger partial charge is 0.480 e. The van der Waals surface area contributed by atoms with E-state index in [1.807, 2.05) is 0 Å². The fourth-order valence-corrected chi connectivity index (χ4v) is 2.92. The molecule has 24 heavy (non-hydrogen) atoms. The first-order valence-electron chi connectivity index (χ1n) is 7.29. The topological polar surface area (TPSA) is 92.9 Å². The van der Waals surface area contributed by atoms with Crippen molar-refractivity contribution in [1.82, 2.24) is 10.1 Å². The van der Waals surface area contributed by atoms with E-state index in [-0.39, 0.29) is 24.8 Å². The molecule has 1 amide bonds. The van der Waals surface area contributed by atoms with Crippen LogP contribution in [0.3, 0.4) is 0 Å². The van der Waals surface area contributed by atoms with Gasteiger partial charge in [-0.15, -0.1) is 0 Å². The number of likely N-dealkylation sites (tertiary alicyclic amines) is 1. The van der Waals surface area contributed by atoms with Gasteiger partial charge in [-0.25, -0.2) is 4.79 Å². The number of nitrogens with zero attached hydrogens (tertiary/aromatic N) is 2. The number of carboxylic acid groups (broad SMARTS) is 1. The van der Waals surface area contributed by atoms with Crippen molar-refractivity contribution in [3.63, 3.8) is 0 Å². The molecule has 1 aliphatic rings. The molecule has 0 spiro atoms. The minimum absolute atomic E-state index is 0.0491. The van der Waals surface area contributed by atoms with Gasteiger partial charge in [-0.1, -0.05) is 28.9 Å². The molecule has 1 saturated heterocycles. The molecule has 3 rings (SSSR count). The molecule has 0 aliphatic carbocycles. The van der Waals surface area contributed by atoms with E-state index in [1.54, 1.807) is 24.3 Å². The van der Waals surface area contributed by atoms with Gasteiger partial charge in [-0.05, 0) is 12.1 Å². The fraction of sp³-hybridized carbons (Fsp3) is 0.312. The van der Waals surface area contributed by atoms with Crippen LogP contribution in [0.25, 0.3) is 11.3 Å². The van der Waals surface area contributed by atoms with Crippen molar-refractivity contribution in [3.05, 3.63) is 41.0 Å². The van der Waals surface area contributed by atoms with Crippen molar-refractivity contribution < 1.29 is 24.0 Å². The highest BCUT2D eigenvalue weighted by molar-refractivity contribution is 6.30. The van der Waals surface area contributed by atoms with Crippen LogP contribution in [0.15, 0.2) is 34.9 Å². The summed E-state index contributed by atoms with van der Waals surface area (Å²) in [5.41, 5.74) is 0.730. The van der Waals surface area contributed by atoms with Gasteiger partial charge in [-0.3, -0.25) is 4.79 Å². The van der Waals surface area contributed by atoms with Crippen LogP contribution < -0.4 is 0 Å². The summed E-state index contributed by atoms with van der Waals surface area (Å²) in [6.07, 6.45) is -0.0642. The Morgan fingerprint density at radius 1 is 1.42 bits per heavy atom. The lowest BCUT2D eigenvalue weighted by atomic mass is 10.1. The zero-order chi connectivity index (χ0) is 17.3. The number of benzene rings is 1. The van der Waals surface area contributed by atoms with E-state index < -0.39 is 17.9 Å². The first kappa shape index (κ1) is 16.5. The quantitative estimate of drug-likeness (QED) is 0.909. The van der Waals surface area contributed by atoms with Gasteiger partial charge in [0.15, 0.2) is 11.5 Å². The van der Waals surface area contributed by atoms with Gasteiger partial charge in [0.1, 0.15) is 6.04 Å². The van der Waals surface area contributed by atoms with Crippen LogP contribution in [-0.2, 0) is 9.53 Å². The molecule has 126 valence electrons. The number of carbonyl (C=O) groups is 2. The number of methoxy groups -OCH3 is 1. The summed E-state index contributed by atoms with van der Waals surface area (Å²) in [6, 6.07) is 7.48. The highest BCUT2D eigenvalue weighted by Crippen LogP contribution is 2.26. The molecule has 7 nitrogen and oxygen atoms in total. The second kappa shape index (κ2) is 6.62. The monoisotopic (exact) mass is 350 g/mol. The van der Waals surface area contributed by atoms with Crippen molar-refractivity contribution >= 4 is 23.5 Å². The molecule has 0 bridgehead atoms. The first-order chi connectivity index (χ1) is 11.5. The predicted octanol–water partition coefficient (Wildman–Crippen LogP) is 2.31. The smallest absolute Gasteiger partial charge is 0.326 e. The zero-order valence-electron chi connectivity index (χ0n) is 12.8. The van der Waals surface area contributed by atoms with Crippen LogP contribution in [0.5, 0.6) is 0 Å². The highest BCUT2D eigenvalue weighted by Gasteiger charge is 2.41. The number of amides is 1. The minimum Gasteiger partial charge on any atom is -0.480 e. The summed E-state index contributed by atoms with van der Waals surface area (Å²) in [5.74, 6) is -1.18. The molecule has 1 aromatic heterocycles. The number of carboxylic acids is 1. The molecule has 0 radical (unpaired) electrons. The van der Waals surface area contributed by atoms with E-state index in [2.05, 4.69) is 5.16 Å². The van der Waals surface area contributed by atoms with Crippen molar-refractivity contribution in [1.29, 1.82) is 0 Å². The second-order valence-electron chi connectivity index (χ2n) is 5.49. The third kappa shape index (κ3) is 3.13. The lowest BCUT2D eigenvalue weighted by molar-refractivity contribution is -0.141. The third-order valence-electron chi connectivity index (χ3n) is 3.98. The van der Waals surface area contributed by atoms with Crippen LogP contribution in [-0.4, -0.2) is 52.8 Å². The standard InChI is InChI=1S/C16H15ClN2O5/c1-23-11-6-13(16(21)22)19(8-11)15(20)12-7-14(24-18-12)9-3-2-4-10(17)5-9/h2-5,7,11,13H,6,8H2,1H3,(H,21,22). The number of carbonyl (C=O) groups excluding carboxylic acids is 1. The summed E-state index contributed by atoms with van der Waals surface area (Å²) < 4.78 is 10.4. The number of ether oxygens (including phenoxy) is 1.